The molecule has 1 aromatic carbocycles. The Labute approximate surface area is 201 Å². The molecule has 4 heterocycles. The number of hydrogen-bond donors (Lipinski definition) is 1. The molecule has 1 N–H and O–H groups in total. The van der Waals surface area contributed by atoms with E-state index in [9.17, 15) is 0 Å². The lowest BCUT2D eigenvalue weighted by molar-refractivity contribution is 0.700. The highest BCUT2D eigenvalue weighted by molar-refractivity contribution is 7.19. The van der Waals surface area contributed by atoms with Crippen LogP contribution in [0.2, 0.25) is 0 Å². The molecule has 0 atom stereocenters. The zero-order chi connectivity index (χ0) is 23.1. The van der Waals surface area contributed by atoms with Crippen molar-refractivity contribution in [3.63, 3.8) is 0 Å². The zero-order valence-corrected chi connectivity index (χ0v) is 20.1. The molecule has 0 saturated carbocycles. The van der Waals surface area contributed by atoms with Crippen LogP contribution in [0.15, 0.2) is 36.4 Å². The average molecular weight is 468 g/mol. The smallest absolute Gasteiger partial charge is 0.255 e. The largest absolute Gasteiger partial charge is 0.362 e. The van der Waals surface area contributed by atoms with Crippen LogP contribution in [-0.2, 0) is 19.4 Å². The summed E-state index contributed by atoms with van der Waals surface area (Å²) in [6, 6.07) is 12.3. The van der Waals surface area contributed by atoms with Gasteiger partial charge in [0.15, 0.2) is 11.6 Å². The lowest BCUT2D eigenvalue weighted by atomic mass is 9.97. The van der Waals surface area contributed by atoms with E-state index in [1.54, 1.807) is 0 Å². The molecule has 0 radical (unpaired) electrons. The molecule has 0 spiro atoms. The van der Waals surface area contributed by atoms with Crippen molar-refractivity contribution < 1.29 is 0 Å². The lowest BCUT2D eigenvalue weighted by Crippen LogP contribution is -2.09. The van der Waals surface area contributed by atoms with Crippen LogP contribution in [-0.4, -0.2) is 29.5 Å². The van der Waals surface area contributed by atoms with E-state index in [0.29, 0.717) is 18.1 Å². The van der Waals surface area contributed by atoms with Crippen molar-refractivity contribution in [2.75, 3.05) is 5.32 Å². The van der Waals surface area contributed by atoms with Crippen LogP contribution in [0.1, 0.15) is 51.9 Å². The second kappa shape index (κ2) is 8.61. The van der Waals surface area contributed by atoms with E-state index in [4.69, 9.17) is 9.97 Å². The maximum absolute atomic E-state index is 4.94. The Bertz CT molecular complexity index is 1530. The van der Waals surface area contributed by atoms with E-state index in [2.05, 4.69) is 45.6 Å². The number of aryl methyl sites for hydroxylation is 4. The van der Waals surface area contributed by atoms with Crippen LogP contribution in [0, 0.1) is 13.8 Å². The first-order valence-electron chi connectivity index (χ1n) is 11.6. The zero-order valence-electron chi connectivity index (χ0n) is 19.2. The predicted octanol–water partition coefficient (Wildman–Crippen LogP) is 5.41. The summed E-state index contributed by atoms with van der Waals surface area (Å²) in [4.78, 5) is 16.9. The Morgan fingerprint density at radius 1 is 1.00 bits per heavy atom. The molecule has 5 aromatic rings. The topological polar surface area (TPSA) is 80.9 Å². The van der Waals surface area contributed by atoms with Gasteiger partial charge in [-0.25, -0.2) is 15.0 Å². The monoisotopic (exact) mass is 467 g/mol. The number of rotatable bonds is 5. The van der Waals surface area contributed by atoms with Crippen molar-refractivity contribution in [3.05, 3.63) is 75.4 Å². The van der Waals surface area contributed by atoms with Gasteiger partial charge in [-0.15, -0.1) is 21.5 Å². The van der Waals surface area contributed by atoms with Gasteiger partial charge in [-0.2, -0.15) is 0 Å². The molecule has 8 heteroatoms. The molecule has 6 rings (SSSR count). The maximum Gasteiger partial charge on any atom is 0.255 e. The normalized spacial score (nSPS) is 13.7. The van der Waals surface area contributed by atoms with Crippen LogP contribution in [0.5, 0.6) is 0 Å². The van der Waals surface area contributed by atoms with Gasteiger partial charge in [0.25, 0.3) is 5.78 Å². The van der Waals surface area contributed by atoms with Crippen molar-refractivity contribution in [1.29, 1.82) is 0 Å². The van der Waals surface area contributed by atoms with Gasteiger partial charge in [0.05, 0.1) is 11.9 Å². The van der Waals surface area contributed by atoms with Gasteiger partial charge in [-0.3, -0.25) is 4.40 Å². The molecule has 0 aliphatic heterocycles. The second-order valence-corrected chi connectivity index (χ2v) is 9.79. The van der Waals surface area contributed by atoms with Crippen molar-refractivity contribution in [3.8, 4) is 0 Å². The Morgan fingerprint density at radius 3 is 2.74 bits per heavy atom. The first-order chi connectivity index (χ1) is 16.7. The van der Waals surface area contributed by atoms with Crippen LogP contribution in [0.3, 0.4) is 0 Å². The third kappa shape index (κ3) is 3.84. The Morgan fingerprint density at radius 2 is 1.85 bits per heavy atom. The SMILES string of the molecule is Cc1cc(C)n2c(CNc3nc(C=Cc4ccccc4)nc4sc5c(c34)CCCC5)nnc2n1. The second-order valence-electron chi connectivity index (χ2n) is 8.71. The fraction of sp³-hybridized carbons (Fsp3) is 0.269. The lowest BCUT2D eigenvalue weighted by Gasteiger charge is -2.13. The number of benzene rings is 1. The summed E-state index contributed by atoms with van der Waals surface area (Å²) in [7, 11) is 0. The van der Waals surface area contributed by atoms with Crippen LogP contribution >= 0.6 is 11.3 Å². The molecule has 1 aliphatic rings. The van der Waals surface area contributed by atoms with Crippen molar-refractivity contribution in [2.24, 2.45) is 0 Å². The van der Waals surface area contributed by atoms with Gasteiger partial charge in [-0.1, -0.05) is 36.4 Å². The number of anilines is 1. The number of hydrogen-bond acceptors (Lipinski definition) is 7. The molecule has 0 unspecified atom stereocenters. The quantitative estimate of drug-likeness (QED) is 0.372. The van der Waals surface area contributed by atoms with Gasteiger partial charge >= 0.3 is 0 Å². The third-order valence-electron chi connectivity index (χ3n) is 6.23. The Kier molecular flexibility index (Phi) is 5.30. The van der Waals surface area contributed by atoms with Crippen LogP contribution in [0.4, 0.5) is 5.82 Å². The number of aromatic nitrogens is 6. The minimum absolute atomic E-state index is 0.505. The fourth-order valence-corrected chi connectivity index (χ4v) is 5.95. The minimum atomic E-state index is 0.505. The molecule has 0 fully saturated rings. The van der Waals surface area contributed by atoms with Crippen molar-refractivity contribution in [2.45, 2.75) is 46.1 Å². The van der Waals surface area contributed by atoms with Gasteiger partial charge in [0.1, 0.15) is 10.6 Å². The molecule has 0 amide bonds. The predicted molar refractivity (Wildman–Crippen MR) is 137 cm³/mol. The first kappa shape index (κ1) is 20.9. The number of nitrogens with zero attached hydrogens (tertiary/aromatic N) is 6. The third-order valence-corrected chi connectivity index (χ3v) is 7.42. The van der Waals surface area contributed by atoms with E-state index in [1.807, 2.05) is 53.0 Å². The standard InChI is InChI=1S/C26H25N7S/c1-16-14-17(2)33-22(31-32-26(33)28-16)15-27-24-23-19-10-6-7-11-20(19)34-25(23)30-21(29-24)13-12-18-8-4-3-5-9-18/h3-5,8-9,12-14H,6-7,10-11,15H2,1-2H3,(H,27,29,30). The summed E-state index contributed by atoms with van der Waals surface area (Å²) in [5, 5.41) is 13.4. The average Bonchev–Trinajstić information content (AvgIpc) is 3.43. The van der Waals surface area contributed by atoms with Crippen LogP contribution < -0.4 is 5.32 Å². The van der Waals surface area contributed by atoms with E-state index in [-0.39, 0.29) is 0 Å². The van der Waals surface area contributed by atoms with Crippen LogP contribution in [0.25, 0.3) is 28.1 Å². The summed E-state index contributed by atoms with van der Waals surface area (Å²) in [6.07, 6.45) is 8.72. The Hall–Kier alpha value is -3.65. The van der Waals surface area contributed by atoms with Crippen molar-refractivity contribution in [1.82, 2.24) is 29.5 Å². The van der Waals surface area contributed by atoms with E-state index >= 15 is 0 Å². The van der Waals surface area contributed by atoms with Gasteiger partial charge in [0, 0.05) is 16.3 Å². The molecule has 0 bridgehead atoms. The van der Waals surface area contributed by atoms with E-state index in [0.717, 1.165) is 51.7 Å². The molecule has 170 valence electrons. The number of thiophene rings is 1. The van der Waals surface area contributed by atoms with Gasteiger partial charge in [-0.05, 0) is 62.8 Å². The summed E-state index contributed by atoms with van der Waals surface area (Å²) in [5.74, 6) is 3.02. The molecule has 7 nitrogen and oxygen atoms in total. The molecule has 4 aromatic heterocycles. The van der Waals surface area contributed by atoms with Crippen molar-refractivity contribution >= 4 is 45.3 Å². The highest BCUT2D eigenvalue weighted by Crippen LogP contribution is 2.38. The highest BCUT2D eigenvalue weighted by Gasteiger charge is 2.21. The van der Waals surface area contributed by atoms with Gasteiger partial charge < -0.3 is 5.32 Å². The van der Waals surface area contributed by atoms with E-state index < -0.39 is 0 Å². The molecular formula is C26H25N7S. The molecular weight excluding hydrogens is 442 g/mol. The highest BCUT2D eigenvalue weighted by atomic mass is 32.1. The number of nitrogens with one attached hydrogen (secondary N) is 1. The summed E-state index contributed by atoms with van der Waals surface area (Å²) in [5.41, 5.74) is 4.54. The minimum Gasteiger partial charge on any atom is -0.362 e. The first-order valence-corrected chi connectivity index (χ1v) is 12.4. The fourth-order valence-electron chi connectivity index (χ4n) is 4.69. The van der Waals surface area contributed by atoms with E-state index in [1.165, 1.54) is 23.3 Å². The number of fused-ring (bicyclic) bond motifs is 4. The Balaban J connectivity index is 1.40. The van der Waals surface area contributed by atoms with Gasteiger partial charge in [0.2, 0.25) is 0 Å². The molecule has 1 aliphatic carbocycles. The molecule has 0 saturated heterocycles. The summed E-state index contributed by atoms with van der Waals surface area (Å²) in [6.45, 7) is 4.53. The summed E-state index contributed by atoms with van der Waals surface area (Å²) < 4.78 is 2.00. The summed E-state index contributed by atoms with van der Waals surface area (Å²) >= 11 is 1.81. The maximum atomic E-state index is 4.94. The molecule has 34 heavy (non-hydrogen) atoms.